The van der Waals surface area contributed by atoms with Crippen LogP contribution in [0.2, 0.25) is 5.02 Å². The number of ether oxygens (including phenoxy) is 1. The average Bonchev–Trinajstić information content (AvgIpc) is 2.56. The Hall–Kier alpha value is -2.60. The van der Waals surface area contributed by atoms with Gasteiger partial charge in [0.15, 0.2) is 0 Å². The summed E-state index contributed by atoms with van der Waals surface area (Å²) in [5, 5.41) is 6.01. The van der Waals surface area contributed by atoms with Crippen LogP contribution in [0.5, 0.6) is 0 Å². The van der Waals surface area contributed by atoms with Crippen molar-refractivity contribution in [1.82, 2.24) is 0 Å². The quantitative estimate of drug-likeness (QED) is 0.779. The van der Waals surface area contributed by atoms with Gasteiger partial charge in [-0.3, -0.25) is 4.79 Å². The van der Waals surface area contributed by atoms with Gasteiger partial charge in [-0.05, 0) is 36.4 Å². The molecule has 5 nitrogen and oxygen atoms in total. The molecule has 0 spiro atoms. The van der Waals surface area contributed by atoms with E-state index < -0.39 is 11.8 Å². The summed E-state index contributed by atoms with van der Waals surface area (Å²) >= 11 is 6.05. The number of carbonyl (C=O) groups excluding carboxylic acids is 2. The fourth-order valence-corrected chi connectivity index (χ4v) is 2.19. The summed E-state index contributed by atoms with van der Waals surface area (Å²) in [6.45, 7) is 0.297. The highest BCUT2D eigenvalue weighted by atomic mass is 35.5. The van der Waals surface area contributed by atoms with Crippen molar-refractivity contribution >= 4 is 34.9 Å². The van der Waals surface area contributed by atoms with E-state index in [2.05, 4.69) is 15.4 Å². The van der Waals surface area contributed by atoms with E-state index in [1.165, 1.54) is 25.3 Å². The first-order valence-corrected chi connectivity index (χ1v) is 7.54. The van der Waals surface area contributed by atoms with Gasteiger partial charge in [-0.15, -0.1) is 0 Å². The number of carbonyl (C=O) groups is 2. The second-order valence-corrected chi connectivity index (χ2v) is 5.33. The lowest BCUT2D eigenvalue weighted by molar-refractivity contribution is -0.115. The Morgan fingerprint density at radius 3 is 2.71 bits per heavy atom. The fraction of sp³-hybridized carbons (Fsp3) is 0.176. The van der Waals surface area contributed by atoms with Gasteiger partial charge in [0.05, 0.1) is 23.4 Å². The molecule has 2 N–H and O–H groups in total. The number of amides is 1. The van der Waals surface area contributed by atoms with Crippen molar-refractivity contribution in [3.05, 3.63) is 58.9 Å². The van der Waals surface area contributed by atoms with Crippen molar-refractivity contribution < 1.29 is 18.7 Å². The van der Waals surface area contributed by atoms with Gasteiger partial charge in [0.1, 0.15) is 5.82 Å². The van der Waals surface area contributed by atoms with Crippen LogP contribution in [0.1, 0.15) is 16.8 Å². The van der Waals surface area contributed by atoms with E-state index in [9.17, 15) is 14.0 Å². The second kappa shape index (κ2) is 8.31. The first kappa shape index (κ1) is 17.7. The third kappa shape index (κ3) is 4.96. The largest absolute Gasteiger partial charge is 0.465 e. The topological polar surface area (TPSA) is 67.4 Å². The molecule has 2 rings (SSSR count). The molecule has 126 valence electrons. The van der Waals surface area contributed by atoms with Gasteiger partial charge in [0.25, 0.3) is 0 Å². The van der Waals surface area contributed by atoms with E-state index in [4.69, 9.17) is 11.6 Å². The lowest BCUT2D eigenvalue weighted by Gasteiger charge is -2.10. The summed E-state index contributed by atoms with van der Waals surface area (Å²) in [6, 6.07) is 10.3. The van der Waals surface area contributed by atoms with E-state index in [1.807, 2.05) is 0 Å². The van der Waals surface area contributed by atoms with E-state index in [0.29, 0.717) is 28.5 Å². The number of rotatable bonds is 6. The highest BCUT2D eigenvalue weighted by molar-refractivity contribution is 6.33. The Balaban J connectivity index is 1.89. The molecule has 0 aromatic heterocycles. The van der Waals surface area contributed by atoms with Gasteiger partial charge < -0.3 is 15.4 Å². The molecule has 0 aliphatic heterocycles. The molecule has 0 saturated carbocycles. The summed E-state index contributed by atoms with van der Waals surface area (Å²) in [5.41, 5.74) is 1.28. The first-order chi connectivity index (χ1) is 11.5. The summed E-state index contributed by atoms with van der Waals surface area (Å²) in [6.07, 6.45) is 0.148. The fourth-order valence-electron chi connectivity index (χ4n) is 2.01. The van der Waals surface area contributed by atoms with Gasteiger partial charge in [0, 0.05) is 18.7 Å². The van der Waals surface area contributed by atoms with Crippen LogP contribution in [-0.4, -0.2) is 25.5 Å². The molecule has 0 fully saturated rings. The molecular formula is C17H16ClFN2O3. The molecule has 2 aromatic rings. The van der Waals surface area contributed by atoms with Crippen molar-refractivity contribution in [3.8, 4) is 0 Å². The Morgan fingerprint density at radius 2 is 2.00 bits per heavy atom. The monoisotopic (exact) mass is 350 g/mol. The first-order valence-electron chi connectivity index (χ1n) is 7.17. The number of benzene rings is 2. The zero-order chi connectivity index (χ0) is 17.5. The molecule has 0 atom stereocenters. The van der Waals surface area contributed by atoms with Crippen molar-refractivity contribution in [1.29, 1.82) is 0 Å². The number of hydrogen-bond acceptors (Lipinski definition) is 4. The van der Waals surface area contributed by atoms with E-state index >= 15 is 0 Å². The number of methoxy groups -OCH3 is 1. The number of esters is 1. The molecule has 0 unspecified atom stereocenters. The van der Waals surface area contributed by atoms with E-state index in [1.54, 1.807) is 24.3 Å². The molecule has 1 amide bonds. The highest BCUT2D eigenvalue weighted by Crippen LogP contribution is 2.23. The number of nitrogens with one attached hydrogen (secondary N) is 2. The molecule has 0 aliphatic carbocycles. The van der Waals surface area contributed by atoms with Gasteiger partial charge in [-0.2, -0.15) is 0 Å². The maximum absolute atomic E-state index is 13.1. The molecule has 0 bridgehead atoms. The van der Waals surface area contributed by atoms with Crippen LogP contribution in [0.15, 0.2) is 42.5 Å². The van der Waals surface area contributed by atoms with E-state index in [0.717, 1.165) is 0 Å². The van der Waals surface area contributed by atoms with Crippen LogP contribution >= 0.6 is 11.6 Å². The van der Waals surface area contributed by atoms with Gasteiger partial charge in [0.2, 0.25) is 5.91 Å². The average molecular weight is 351 g/mol. The summed E-state index contributed by atoms with van der Waals surface area (Å²) in [5.74, 6) is -1.16. The van der Waals surface area contributed by atoms with Crippen LogP contribution in [0.4, 0.5) is 15.8 Å². The smallest absolute Gasteiger partial charge is 0.337 e. The third-order valence-electron chi connectivity index (χ3n) is 3.16. The molecule has 0 saturated heterocycles. The SMILES string of the molecule is COC(=O)c1ccc(Cl)c(NCCC(=O)Nc2cccc(F)c2)c1. The zero-order valence-electron chi connectivity index (χ0n) is 12.9. The number of anilines is 2. The van der Waals surface area contributed by atoms with Gasteiger partial charge in [-0.1, -0.05) is 17.7 Å². The number of halogens is 2. The predicted octanol–water partition coefficient (Wildman–Crippen LogP) is 3.71. The summed E-state index contributed by atoms with van der Waals surface area (Å²) < 4.78 is 17.7. The van der Waals surface area contributed by atoms with Crippen molar-refractivity contribution in [3.63, 3.8) is 0 Å². The summed E-state index contributed by atoms with van der Waals surface area (Å²) in [4.78, 5) is 23.3. The molecular weight excluding hydrogens is 335 g/mol. The predicted molar refractivity (Wildman–Crippen MR) is 90.9 cm³/mol. The van der Waals surface area contributed by atoms with Crippen molar-refractivity contribution in [2.45, 2.75) is 6.42 Å². The molecule has 24 heavy (non-hydrogen) atoms. The Morgan fingerprint density at radius 1 is 1.21 bits per heavy atom. The molecule has 7 heteroatoms. The van der Waals surface area contributed by atoms with Crippen molar-refractivity contribution in [2.24, 2.45) is 0 Å². The van der Waals surface area contributed by atoms with Crippen LogP contribution in [0, 0.1) is 5.82 Å². The minimum atomic E-state index is -0.474. The molecule has 2 aromatic carbocycles. The Kier molecular flexibility index (Phi) is 6.14. The normalized spacial score (nSPS) is 10.1. The standard InChI is InChI=1S/C17H16ClFN2O3/c1-24-17(23)11-5-6-14(18)15(9-11)20-8-7-16(22)21-13-4-2-3-12(19)10-13/h2-6,9-10,20H,7-8H2,1H3,(H,21,22). The minimum Gasteiger partial charge on any atom is -0.465 e. The van der Waals surface area contributed by atoms with Gasteiger partial charge in [-0.25, -0.2) is 9.18 Å². The molecule has 0 radical (unpaired) electrons. The summed E-state index contributed by atoms with van der Waals surface area (Å²) in [7, 11) is 1.29. The van der Waals surface area contributed by atoms with Gasteiger partial charge >= 0.3 is 5.97 Å². The lowest BCUT2D eigenvalue weighted by atomic mass is 10.2. The lowest BCUT2D eigenvalue weighted by Crippen LogP contribution is -2.16. The highest BCUT2D eigenvalue weighted by Gasteiger charge is 2.09. The van der Waals surface area contributed by atoms with Crippen LogP contribution in [-0.2, 0) is 9.53 Å². The van der Waals surface area contributed by atoms with E-state index in [-0.39, 0.29) is 12.3 Å². The van der Waals surface area contributed by atoms with Crippen LogP contribution in [0.3, 0.4) is 0 Å². The molecule has 0 heterocycles. The van der Waals surface area contributed by atoms with Crippen LogP contribution < -0.4 is 10.6 Å². The molecule has 0 aliphatic rings. The zero-order valence-corrected chi connectivity index (χ0v) is 13.7. The maximum Gasteiger partial charge on any atom is 0.337 e. The minimum absolute atomic E-state index is 0.148. The van der Waals surface area contributed by atoms with Crippen LogP contribution in [0.25, 0.3) is 0 Å². The third-order valence-corrected chi connectivity index (χ3v) is 3.49. The number of hydrogen-bond donors (Lipinski definition) is 2. The Labute approximate surface area is 143 Å². The Bertz CT molecular complexity index is 752. The van der Waals surface area contributed by atoms with Crippen molar-refractivity contribution in [2.75, 3.05) is 24.3 Å². The maximum atomic E-state index is 13.1. The second-order valence-electron chi connectivity index (χ2n) is 4.92.